The third-order valence-corrected chi connectivity index (χ3v) is 3.54. The smallest absolute Gasteiger partial charge is 0.146 e. The molecule has 0 aliphatic rings. The Morgan fingerprint density at radius 3 is 2.62 bits per heavy atom. The Balaban J connectivity index is 2.49. The molecule has 0 saturated carbocycles. The summed E-state index contributed by atoms with van der Waals surface area (Å²) in [4.78, 5) is 6.44. The summed E-state index contributed by atoms with van der Waals surface area (Å²) in [5, 5.41) is 3.33. The third kappa shape index (κ3) is 3.39. The van der Waals surface area contributed by atoms with E-state index in [1.165, 1.54) is 11.6 Å². The van der Waals surface area contributed by atoms with Crippen molar-refractivity contribution in [2.75, 3.05) is 18.5 Å². The Morgan fingerprint density at radius 1 is 1.24 bits per heavy atom. The first-order valence-corrected chi connectivity index (χ1v) is 7.20. The molecule has 3 nitrogen and oxygen atoms in total. The predicted molar refractivity (Wildman–Crippen MR) is 85.6 cm³/mol. The molecule has 0 aliphatic carbocycles. The van der Waals surface area contributed by atoms with Gasteiger partial charge in [-0.3, -0.25) is 0 Å². The highest BCUT2D eigenvalue weighted by atomic mass is 19.1. The molecule has 0 amide bonds. The highest BCUT2D eigenvalue weighted by Gasteiger charge is 2.16. The van der Waals surface area contributed by atoms with Crippen LogP contribution in [0.25, 0.3) is 0 Å². The molecule has 0 unspecified atom stereocenters. The SMILES string of the molecule is CCNCc1c(C)cc(C)nc1N(C)c1ccccc1F. The van der Waals surface area contributed by atoms with Crippen LogP contribution in [0.4, 0.5) is 15.9 Å². The molecule has 0 aliphatic heterocycles. The van der Waals surface area contributed by atoms with Crippen LogP contribution in [0.2, 0.25) is 0 Å². The second-order valence-corrected chi connectivity index (χ2v) is 5.17. The number of nitrogens with zero attached hydrogens (tertiary/aromatic N) is 2. The molecule has 0 spiro atoms. The van der Waals surface area contributed by atoms with E-state index in [1.807, 2.05) is 24.9 Å². The number of hydrogen-bond acceptors (Lipinski definition) is 3. The first-order chi connectivity index (χ1) is 10.0. The predicted octanol–water partition coefficient (Wildman–Crippen LogP) is 3.71. The lowest BCUT2D eigenvalue weighted by molar-refractivity contribution is 0.627. The first-order valence-electron chi connectivity index (χ1n) is 7.20. The number of nitrogens with one attached hydrogen (secondary N) is 1. The summed E-state index contributed by atoms with van der Waals surface area (Å²) >= 11 is 0. The van der Waals surface area contributed by atoms with E-state index in [4.69, 9.17) is 0 Å². The average Bonchev–Trinajstić information content (AvgIpc) is 2.45. The van der Waals surface area contributed by atoms with Crippen molar-refractivity contribution in [1.82, 2.24) is 10.3 Å². The minimum Gasteiger partial charge on any atom is -0.327 e. The van der Waals surface area contributed by atoms with Crippen molar-refractivity contribution in [2.24, 2.45) is 0 Å². The molecule has 112 valence electrons. The molecule has 0 atom stereocenters. The normalized spacial score (nSPS) is 10.7. The van der Waals surface area contributed by atoms with Crippen LogP contribution < -0.4 is 10.2 Å². The quantitative estimate of drug-likeness (QED) is 0.908. The highest BCUT2D eigenvalue weighted by Crippen LogP contribution is 2.29. The fourth-order valence-corrected chi connectivity index (χ4v) is 2.43. The van der Waals surface area contributed by atoms with Crippen LogP contribution in [0.1, 0.15) is 23.7 Å². The van der Waals surface area contributed by atoms with Gasteiger partial charge in [-0.05, 0) is 44.2 Å². The van der Waals surface area contributed by atoms with E-state index in [0.717, 1.165) is 30.2 Å². The molecule has 1 N–H and O–H groups in total. The van der Waals surface area contributed by atoms with Gasteiger partial charge in [0.2, 0.25) is 0 Å². The summed E-state index contributed by atoms with van der Waals surface area (Å²) in [6, 6.07) is 8.83. The van der Waals surface area contributed by atoms with Gasteiger partial charge in [-0.15, -0.1) is 0 Å². The Kier molecular flexibility index (Phi) is 4.91. The summed E-state index contributed by atoms with van der Waals surface area (Å²) in [6.45, 7) is 7.71. The van der Waals surface area contributed by atoms with Crippen LogP contribution in [0.3, 0.4) is 0 Å². The molecule has 21 heavy (non-hydrogen) atoms. The molecule has 0 fully saturated rings. The number of para-hydroxylation sites is 1. The molecule has 2 rings (SSSR count). The highest BCUT2D eigenvalue weighted by molar-refractivity contribution is 5.64. The molecule has 2 aromatic rings. The van der Waals surface area contributed by atoms with Gasteiger partial charge >= 0.3 is 0 Å². The Morgan fingerprint density at radius 2 is 1.95 bits per heavy atom. The molecule has 4 heteroatoms. The van der Waals surface area contributed by atoms with Gasteiger partial charge in [0.15, 0.2) is 0 Å². The summed E-state index contributed by atoms with van der Waals surface area (Å²) in [5.74, 6) is 0.564. The fraction of sp³-hybridized carbons (Fsp3) is 0.353. The van der Waals surface area contributed by atoms with Gasteiger partial charge in [-0.2, -0.15) is 0 Å². The minimum atomic E-state index is -0.240. The van der Waals surface area contributed by atoms with Crippen molar-refractivity contribution in [2.45, 2.75) is 27.3 Å². The maximum absolute atomic E-state index is 14.0. The number of aryl methyl sites for hydroxylation is 2. The van der Waals surface area contributed by atoms with E-state index < -0.39 is 0 Å². The van der Waals surface area contributed by atoms with Crippen LogP contribution in [-0.4, -0.2) is 18.6 Å². The number of benzene rings is 1. The summed E-state index contributed by atoms with van der Waals surface area (Å²) < 4.78 is 14.0. The molecular weight excluding hydrogens is 265 g/mol. The summed E-state index contributed by atoms with van der Waals surface area (Å²) in [5.41, 5.74) is 3.74. The zero-order chi connectivity index (χ0) is 15.4. The molecule has 0 saturated heterocycles. The van der Waals surface area contributed by atoms with Gasteiger partial charge in [0, 0.05) is 24.8 Å². The minimum absolute atomic E-state index is 0.240. The van der Waals surface area contributed by atoms with Crippen molar-refractivity contribution >= 4 is 11.5 Å². The lowest BCUT2D eigenvalue weighted by Gasteiger charge is -2.24. The molecule has 1 aromatic heterocycles. The van der Waals surface area contributed by atoms with E-state index in [0.29, 0.717) is 5.69 Å². The number of rotatable bonds is 5. The molecule has 0 bridgehead atoms. The lowest BCUT2D eigenvalue weighted by atomic mass is 10.1. The zero-order valence-electron chi connectivity index (χ0n) is 13.1. The van der Waals surface area contributed by atoms with Crippen molar-refractivity contribution in [3.8, 4) is 0 Å². The Hall–Kier alpha value is -1.94. The standard InChI is InChI=1S/C17H22FN3/c1-5-19-11-14-12(2)10-13(3)20-17(14)21(4)16-9-7-6-8-15(16)18/h6-10,19H,5,11H2,1-4H3. The average molecular weight is 287 g/mol. The van der Waals surface area contributed by atoms with E-state index in [1.54, 1.807) is 12.1 Å². The second kappa shape index (κ2) is 6.68. The van der Waals surface area contributed by atoms with Crippen molar-refractivity contribution < 1.29 is 4.39 Å². The molecular formula is C17H22FN3. The van der Waals surface area contributed by atoms with Crippen molar-refractivity contribution in [1.29, 1.82) is 0 Å². The van der Waals surface area contributed by atoms with Crippen LogP contribution in [0, 0.1) is 19.7 Å². The van der Waals surface area contributed by atoms with E-state index in [-0.39, 0.29) is 5.82 Å². The lowest BCUT2D eigenvalue weighted by Crippen LogP contribution is -2.20. The van der Waals surface area contributed by atoms with Gasteiger partial charge in [0.1, 0.15) is 11.6 Å². The largest absolute Gasteiger partial charge is 0.327 e. The number of halogens is 1. The van der Waals surface area contributed by atoms with Crippen LogP contribution in [0.15, 0.2) is 30.3 Å². The number of aromatic nitrogens is 1. The van der Waals surface area contributed by atoms with Crippen molar-refractivity contribution in [3.05, 3.63) is 53.0 Å². The van der Waals surface area contributed by atoms with Crippen LogP contribution >= 0.6 is 0 Å². The summed E-state index contributed by atoms with van der Waals surface area (Å²) in [6.07, 6.45) is 0. The number of hydrogen-bond donors (Lipinski definition) is 1. The molecule has 0 radical (unpaired) electrons. The maximum atomic E-state index is 14.0. The van der Waals surface area contributed by atoms with Gasteiger partial charge in [0.25, 0.3) is 0 Å². The van der Waals surface area contributed by atoms with Crippen molar-refractivity contribution in [3.63, 3.8) is 0 Å². The number of anilines is 2. The van der Waals surface area contributed by atoms with Gasteiger partial charge in [-0.1, -0.05) is 19.1 Å². The summed E-state index contributed by atoms with van der Waals surface area (Å²) in [7, 11) is 1.86. The van der Waals surface area contributed by atoms with Gasteiger partial charge in [0.05, 0.1) is 5.69 Å². The number of pyridine rings is 1. The first kappa shape index (κ1) is 15.4. The van der Waals surface area contributed by atoms with Gasteiger partial charge < -0.3 is 10.2 Å². The monoisotopic (exact) mass is 287 g/mol. The third-order valence-electron chi connectivity index (χ3n) is 3.54. The Bertz CT molecular complexity index is 625. The second-order valence-electron chi connectivity index (χ2n) is 5.17. The Labute approximate surface area is 125 Å². The van der Waals surface area contributed by atoms with Crippen LogP contribution in [0.5, 0.6) is 0 Å². The fourth-order valence-electron chi connectivity index (χ4n) is 2.43. The maximum Gasteiger partial charge on any atom is 0.146 e. The van der Waals surface area contributed by atoms with Gasteiger partial charge in [-0.25, -0.2) is 9.37 Å². The molecule has 1 heterocycles. The topological polar surface area (TPSA) is 28.2 Å². The molecule has 1 aromatic carbocycles. The van der Waals surface area contributed by atoms with E-state index >= 15 is 0 Å². The van der Waals surface area contributed by atoms with E-state index in [9.17, 15) is 4.39 Å². The van der Waals surface area contributed by atoms with Crippen LogP contribution in [-0.2, 0) is 6.54 Å². The van der Waals surface area contributed by atoms with E-state index in [2.05, 4.69) is 30.2 Å². The zero-order valence-corrected chi connectivity index (χ0v) is 13.1.